The van der Waals surface area contributed by atoms with Gasteiger partial charge in [0.15, 0.2) is 0 Å². The number of aliphatic hydroxyl groups is 1. The van der Waals surface area contributed by atoms with Gasteiger partial charge in [0.05, 0.1) is 17.4 Å². The van der Waals surface area contributed by atoms with Crippen molar-refractivity contribution in [2.45, 2.75) is 13.3 Å². The van der Waals surface area contributed by atoms with Gasteiger partial charge < -0.3 is 10.8 Å². The molecule has 0 aliphatic rings. The fraction of sp³-hybridized carbons (Fsp3) is 0.222. The van der Waals surface area contributed by atoms with Crippen molar-refractivity contribution >= 4 is 0 Å². The molecule has 0 aliphatic carbocycles. The van der Waals surface area contributed by atoms with E-state index in [0.29, 0.717) is 12.0 Å². The molecule has 0 atom stereocenters. The SMILES string of the molecule is CC\C(O)=C/C=C(C#N)\C=C\N. The minimum absolute atomic E-state index is 0.244. The van der Waals surface area contributed by atoms with Crippen molar-refractivity contribution in [3.05, 3.63) is 35.8 Å². The Morgan fingerprint density at radius 3 is 2.67 bits per heavy atom. The van der Waals surface area contributed by atoms with Crippen LogP contribution in [0.25, 0.3) is 0 Å². The van der Waals surface area contributed by atoms with Gasteiger partial charge in [-0.15, -0.1) is 0 Å². The Morgan fingerprint density at radius 2 is 2.25 bits per heavy atom. The largest absolute Gasteiger partial charge is 0.512 e. The van der Waals surface area contributed by atoms with Crippen LogP contribution in [-0.4, -0.2) is 5.11 Å². The second-order valence-electron chi connectivity index (χ2n) is 2.10. The fourth-order valence-electron chi connectivity index (χ4n) is 0.538. The van der Waals surface area contributed by atoms with Crippen LogP contribution >= 0.6 is 0 Å². The lowest BCUT2D eigenvalue weighted by Crippen LogP contribution is -1.79. The first-order chi connectivity index (χ1) is 5.74. The summed E-state index contributed by atoms with van der Waals surface area (Å²) in [6, 6.07) is 1.92. The normalized spacial score (nSPS) is 13.3. The van der Waals surface area contributed by atoms with Crippen molar-refractivity contribution < 1.29 is 5.11 Å². The summed E-state index contributed by atoms with van der Waals surface area (Å²) in [7, 11) is 0. The number of nitriles is 1. The molecule has 12 heavy (non-hydrogen) atoms. The molecular weight excluding hydrogens is 152 g/mol. The molecule has 3 heteroatoms. The van der Waals surface area contributed by atoms with Gasteiger partial charge in [-0.05, 0) is 24.4 Å². The number of hydrogen-bond acceptors (Lipinski definition) is 3. The second-order valence-corrected chi connectivity index (χ2v) is 2.10. The van der Waals surface area contributed by atoms with Crippen LogP contribution in [0.4, 0.5) is 0 Å². The monoisotopic (exact) mass is 164 g/mol. The first-order valence-electron chi connectivity index (χ1n) is 3.62. The number of nitrogens with two attached hydrogens (primary N) is 1. The predicted molar refractivity (Wildman–Crippen MR) is 48.0 cm³/mol. The number of hydrogen-bond donors (Lipinski definition) is 2. The molecular formula is C9H12N2O. The van der Waals surface area contributed by atoms with Crippen LogP contribution in [0.1, 0.15) is 13.3 Å². The molecule has 0 amide bonds. The van der Waals surface area contributed by atoms with E-state index in [-0.39, 0.29) is 5.76 Å². The highest BCUT2D eigenvalue weighted by atomic mass is 16.3. The highest BCUT2D eigenvalue weighted by Gasteiger charge is 1.87. The van der Waals surface area contributed by atoms with Crippen molar-refractivity contribution in [2.75, 3.05) is 0 Å². The smallest absolute Gasteiger partial charge is 0.0992 e. The summed E-state index contributed by atoms with van der Waals surface area (Å²) >= 11 is 0. The summed E-state index contributed by atoms with van der Waals surface area (Å²) in [6.45, 7) is 1.82. The lowest BCUT2D eigenvalue weighted by molar-refractivity contribution is 0.395. The van der Waals surface area contributed by atoms with Gasteiger partial charge >= 0.3 is 0 Å². The minimum atomic E-state index is 0.244. The van der Waals surface area contributed by atoms with E-state index in [4.69, 9.17) is 16.1 Å². The fourth-order valence-corrected chi connectivity index (χ4v) is 0.538. The van der Waals surface area contributed by atoms with Crippen molar-refractivity contribution in [1.29, 1.82) is 5.26 Å². The molecule has 0 unspecified atom stereocenters. The molecule has 0 spiro atoms. The number of nitrogens with zero attached hydrogens (tertiary/aromatic N) is 1. The number of aliphatic hydroxyl groups excluding tert-OH is 1. The van der Waals surface area contributed by atoms with Gasteiger partial charge in [-0.25, -0.2) is 0 Å². The lowest BCUT2D eigenvalue weighted by atomic mass is 10.2. The molecule has 0 saturated carbocycles. The summed E-state index contributed by atoms with van der Waals surface area (Å²) in [6.07, 6.45) is 6.31. The van der Waals surface area contributed by atoms with E-state index in [2.05, 4.69) is 0 Å². The van der Waals surface area contributed by atoms with Gasteiger partial charge in [-0.2, -0.15) is 5.26 Å². The summed E-state index contributed by atoms with van der Waals surface area (Å²) in [5.41, 5.74) is 5.50. The van der Waals surface area contributed by atoms with Gasteiger partial charge in [0.2, 0.25) is 0 Å². The Hall–Kier alpha value is -1.69. The Labute approximate surface area is 72.1 Å². The van der Waals surface area contributed by atoms with E-state index in [9.17, 15) is 0 Å². The second kappa shape index (κ2) is 6.05. The molecule has 3 N–H and O–H groups in total. The van der Waals surface area contributed by atoms with Crippen LogP contribution in [0.5, 0.6) is 0 Å². The summed E-state index contributed by atoms with van der Waals surface area (Å²) < 4.78 is 0. The van der Waals surface area contributed by atoms with E-state index in [1.54, 1.807) is 0 Å². The van der Waals surface area contributed by atoms with Gasteiger partial charge in [0, 0.05) is 6.42 Å². The third-order valence-electron chi connectivity index (χ3n) is 1.22. The summed E-state index contributed by atoms with van der Waals surface area (Å²) in [5, 5.41) is 17.5. The Bertz CT molecular complexity index is 256. The Kier molecular flexibility index (Phi) is 5.20. The molecule has 0 aromatic rings. The maximum absolute atomic E-state index is 9.02. The van der Waals surface area contributed by atoms with Crippen LogP contribution in [0, 0.1) is 11.3 Å². The quantitative estimate of drug-likeness (QED) is 0.379. The first-order valence-corrected chi connectivity index (χ1v) is 3.62. The molecule has 3 nitrogen and oxygen atoms in total. The molecule has 0 bridgehead atoms. The Morgan fingerprint density at radius 1 is 1.58 bits per heavy atom. The van der Waals surface area contributed by atoms with Crippen molar-refractivity contribution in [2.24, 2.45) is 5.73 Å². The van der Waals surface area contributed by atoms with Crippen molar-refractivity contribution in [3.8, 4) is 6.07 Å². The van der Waals surface area contributed by atoms with Crippen LogP contribution in [0.15, 0.2) is 35.8 Å². The molecule has 0 aromatic carbocycles. The number of allylic oxidation sites excluding steroid dienone is 5. The van der Waals surface area contributed by atoms with Gasteiger partial charge in [-0.1, -0.05) is 6.92 Å². The molecule has 0 rings (SSSR count). The van der Waals surface area contributed by atoms with Crippen molar-refractivity contribution in [3.63, 3.8) is 0 Å². The summed E-state index contributed by atoms with van der Waals surface area (Å²) in [4.78, 5) is 0. The lowest BCUT2D eigenvalue weighted by Gasteiger charge is -1.89. The molecule has 0 aromatic heterocycles. The molecule has 0 radical (unpaired) electrons. The maximum Gasteiger partial charge on any atom is 0.0992 e. The zero-order valence-corrected chi connectivity index (χ0v) is 6.99. The van der Waals surface area contributed by atoms with E-state index in [1.807, 2.05) is 13.0 Å². The van der Waals surface area contributed by atoms with Gasteiger partial charge in [0.1, 0.15) is 0 Å². The summed E-state index contributed by atoms with van der Waals surface area (Å²) in [5.74, 6) is 0.244. The van der Waals surface area contributed by atoms with Crippen LogP contribution in [-0.2, 0) is 0 Å². The minimum Gasteiger partial charge on any atom is -0.512 e. The third kappa shape index (κ3) is 4.18. The topological polar surface area (TPSA) is 70.0 Å². The van der Waals surface area contributed by atoms with E-state index < -0.39 is 0 Å². The van der Waals surface area contributed by atoms with Gasteiger partial charge in [-0.3, -0.25) is 0 Å². The molecule has 0 saturated heterocycles. The molecule has 0 heterocycles. The first kappa shape index (κ1) is 10.3. The zero-order chi connectivity index (χ0) is 9.40. The molecule has 0 aliphatic heterocycles. The van der Waals surface area contributed by atoms with E-state index in [0.717, 1.165) is 0 Å². The predicted octanol–water partition coefficient (Wildman–Crippen LogP) is 1.76. The van der Waals surface area contributed by atoms with E-state index in [1.165, 1.54) is 24.4 Å². The number of rotatable bonds is 3. The third-order valence-corrected chi connectivity index (χ3v) is 1.22. The van der Waals surface area contributed by atoms with Gasteiger partial charge in [0.25, 0.3) is 0 Å². The average molecular weight is 164 g/mol. The highest BCUT2D eigenvalue weighted by molar-refractivity contribution is 5.35. The maximum atomic E-state index is 9.02. The van der Waals surface area contributed by atoms with Crippen molar-refractivity contribution in [1.82, 2.24) is 0 Å². The Balaban J connectivity index is 4.43. The zero-order valence-electron chi connectivity index (χ0n) is 6.99. The van der Waals surface area contributed by atoms with Crippen LogP contribution in [0.3, 0.4) is 0 Å². The molecule has 0 fully saturated rings. The van der Waals surface area contributed by atoms with Crippen LogP contribution in [0.2, 0.25) is 0 Å². The average Bonchev–Trinajstić information content (AvgIpc) is 2.11. The van der Waals surface area contributed by atoms with Crippen LogP contribution < -0.4 is 5.73 Å². The molecule has 64 valence electrons. The highest BCUT2D eigenvalue weighted by Crippen LogP contribution is 1.99. The standard InChI is InChI=1S/C9H12N2O/c1-2-9(12)4-3-8(7-11)5-6-10/h3-6,12H,2,10H2,1H3/b6-5+,8-3+,9-4+. The van der Waals surface area contributed by atoms with E-state index >= 15 is 0 Å².